The van der Waals surface area contributed by atoms with Crippen LogP contribution in [-0.2, 0) is 4.79 Å². The number of hydrogen-bond acceptors (Lipinski definition) is 4. The van der Waals surface area contributed by atoms with Crippen molar-refractivity contribution in [2.45, 2.75) is 13.8 Å². The summed E-state index contributed by atoms with van der Waals surface area (Å²) < 4.78 is 13.6. The molecule has 43 heavy (non-hydrogen) atoms. The third-order valence-corrected chi connectivity index (χ3v) is 7.04. The van der Waals surface area contributed by atoms with Crippen molar-refractivity contribution in [1.29, 1.82) is 0 Å². The fourth-order valence-corrected chi connectivity index (χ4v) is 4.81. The summed E-state index contributed by atoms with van der Waals surface area (Å²) in [6.07, 6.45) is 12.9. The van der Waals surface area contributed by atoms with Gasteiger partial charge >= 0.3 is 0 Å². The van der Waals surface area contributed by atoms with Crippen LogP contribution in [-0.4, -0.2) is 26.1 Å². The summed E-state index contributed by atoms with van der Waals surface area (Å²) in [5, 5.41) is 13.5. The molecule has 0 bridgehead atoms. The van der Waals surface area contributed by atoms with Crippen molar-refractivity contribution in [3.8, 4) is 22.5 Å². The van der Waals surface area contributed by atoms with Gasteiger partial charge in [0.2, 0.25) is 0 Å². The van der Waals surface area contributed by atoms with Crippen LogP contribution in [0.2, 0.25) is 0 Å². The predicted molar refractivity (Wildman–Crippen MR) is 173 cm³/mol. The highest BCUT2D eigenvalue weighted by atomic mass is 19.1. The van der Waals surface area contributed by atoms with Gasteiger partial charge in [0.25, 0.3) is 0 Å². The minimum atomic E-state index is -0.290. The number of halogens is 1. The Labute approximate surface area is 248 Å². The number of rotatable bonds is 9. The molecule has 0 spiro atoms. The van der Waals surface area contributed by atoms with Crippen LogP contribution < -0.4 is 15.9 Å². The number of benzene rings is 2. The molecule has 0 fully saturated rings. The van der Waals surface area contributed by atoms with Gasteiger partial charge < -0.3 is 10.3 Å². The van der Waals surface area contributed by atoms with Crippen molar-refractivity contribution in [2.75, 3.05) is 0 Å². The molecule has 0 aliphatic rings. The molecule has 0 atom stereocenters. The molecule has 3 aromatic heterocycles. The minimum absolute atomic E-state index is 0.290. The zero-order valence-electron chi connectivity index (χ0n) is 23.9. The average Bonchev–Trinajstić information content (AvgIpc) is 3.66. The Balaban J connectivity index is 1.52. The first-order chi connectivity index (χ1) is 20.9. The third kappa shape index (κ3) is 6.12. The Hall–Kier alpha value is -5.78. The first kappa shape index (κ1) is 28.7. The van der Waals surface area contributed by atoms with Crippen LogP contribution in [0.15, 0.2) is 121 Å². The first-order valence-corrected chi connectivity index (χ1v) is 13.7. The molecule has 2 aromatic carbocycles. The second kappa shape index (κ2) is 12.8. The number of H-pyrrole nitrogens is 2. The largest absolute Gasteiger partial charge is 0.352 e. The zero-order valence-corrected chi connectivity index (χ0v) is 23.9. The Kier molecular flexibility index (Phi) is 8.56. The van der Waals surface area contributed by atoms with Gasteiger partial charge in [0.15, 0.2) is 5.94 Å². The summed E-state index contributed by atoms with van der Waals surface area (Å²) >= 11 is 0. The maximum atomic E-state index is 13.6. The first-order valence-electron chi connectivity index (χ1n) is 13.7. The van der Waals surface area contributed by atoms with Crippen molar-refractivity contribution in [3.63, 3.8) is 0 Å². The van der Waals surface area contributed by atoms with Gasteiger partial charge in [-0.2, -0.15) is 5.10 Å². The molecule has 0 unspecified atom stereocenters. The predicted octanol–water partition coefficient (Wildman–Crippen LogP) is 6.37. The number of fused-ring (bicyclic) bond motifs is 1. The topological polar surface area (TPSA) is 86.5 Å². The summed E-state index contributed by atoms with van der Waals surface area (Å²) in [7, 11) is 0. The van der Waals surface area contributed by atoms with Gasteiger partial charge in [0, 0.05) is 33.6 Å². The summed E-state index contributed by atoms with van der Waals surface area (Å²) in [5.41, 5.74) is 7.31. The number of allylic oxidation sites excluding steroid dienone is 5. The monoisotopic (exact) mass is 567 g/mol. The van der Waals surface area contributed by atoms with Gasteiger partial charge in [0.05, 0.1) is 22.8 Å². The van der Waals surface area contributed by atoms with Gasteiger partial charge in [-0.15, -0.1) is 0 Å². The van der Waals surface area contributed by atoms with E-state index in [9.17, 15) is 9.18 Å². The third-order valence-electron chi connectivity index (χ3n) is 7.04. The van der Waals surface area contributed by atoms with Crippen LogP contribution in [0, 0.1) is 5.82 Å². The number of nitrogens with one attached hydrogen (secondary N) is 3. The van der Waals surface area contributed by atoms with Crippen LogP contribution in [0.3, 0.4) is 0 Å². The summed E-state index contributed by atoms with van der Waals surface area (Å²) in [4.78, 5) is 19.6. The maximum Gasteiger partial charge on any atom is 0.151 e. The second-order valence-corrected chi connectivity index (χ2v) is 9.71. The molecule has 0 saturated heterocycles. The number of nitrogens with zero attached hydrogens (tertiary/aromatic N) is 2. The summed E-state index contributed by atoms with van der Waals surface area (Å²) in [6, 6.07) is 17.7. The Morgan fingerprint density at radius 1 is 1.07 bits per heavy atom. The zero-order chi connectivity index (χ0) is 30.3. The van der Waals surface area contributed by atoms with Crippen LogP contribution in [0.5, 0.6) is 0 Å². The second-order valence-electron chi connectivity index (χ2n) is 9.71. The van der Waals surface area contributed by atoms with E-state index in [2.05, 4.69) is 38.6 Å². The molecule has 212 valence electrons. The van der Waals surface area contributed by atoms with Crippen molar-refractivity contribution < 1.29 is 9.18 Å². The lowest BCUT2D eigenvalue weighted by molar-refractivity contribution is 0.568. The van der Waals surface area contributed by atoms with Crippen molar-refractivity contribution in [3.05, 3.63) is 143 Å². The molecule has 0 aliphatic heterocycles. The number of pyridine rings is 1. The van der Waals surface area contributed by atoms with E-state index >= 15 is 0 Å². The quantitative estimate of drug-likeness (QED) is 0.143. The van der Waals surface area contributed by atoms with E-state index in [1.165, 1.54) is 12.1 Å². The smallest absolute Gasteiger partial charge is 0.151 e. The molecule has 7 heteroatoms. The molecule has 6 nitrogen and oxygen atoms in total. The SMILES string of the molecule is C=C/C(=C\C(=C/C)C(=C)/C=c1/c(-c2cc3c(-c4ccc(F)cc4)cncc3[nH]2)n[nH]/c1=C/C)NC(=C=O)c1ccccc1. The van der Waals surface area contributed by atoms with E-state index in [0.717, 1.165) is 55.0 Å². The van der Waals surface area contributed by atoms with E-state index in [4.69, 9.17) is 0 Å². The van der Waals surface area contributed by atoms with E-state index in [-0.39, 0.29) is 5.82 Å². The molecule has 0 saturated carbocycles. The highest BCUT2D eigenvalue weighted by Gasteiger charge is 2.13. The Bertz CT molecular complexity index is 2060. The van der Waals surface area contributed by atoms with Crippen molar-refractivity contribution in [1.82, 2.24) is 25.5 Å². The molecule has 5 aromatic rings. The standard InChI is InChI=1S/C36H30FN5O/c1-5-24(18-28(6-2)39-35(22-43)26-11-9-8-10-12-26)23(4)17-30-32(7-3)41-42-36(30)33-19-29-31(20-38-21-34(29)40-33)25-13-15-27(37)16-14-25/h5-21,39-41H,2,4H2,1,3H3/b24-5+,28-18+,30-17+,32-7+. The van der Waals surface area contributed by atoms with Crippen LogP contribution >= 0.6 is 0 Å². The molecule has 3 N–H and O–H groups in total. The van der Waals surface area contributed by atoms with E-state index in [1.807, 2.05) is 80.5 Å². The number of carbonyl (C=O) groups excluding carboxylic acids is 1. The number of hydrogen-bond donors (Lipinski definition) is 3. The normalized spacial score (nSPS) is 12.8. The van der Waals surface area contributed by atoms with Crippen molar-refractivity contribution in [2.24, 2.45) is 0 Å². The molecule has 0 aliphatic carbocycles. The highest BCUT2D eigenvalue weighted by Crippen LogP contribution is 2.30. The van der Waals surface area contributed by atoms with Gasteiger partial charge in [-0.05, 0) is 67.0 Å². The molecule has 0 amide bonds. The average molecular weight is 568 g/mol. The molecule has 3 heterocycles. The maximum absolute atomic E-state index is 13.6. The molecule has 5 rings (SSSR count). The highest BCUT2D eigenvalue weighted by molar-refractivity contribution is 5.97. The fraction of sp³-hybridized carbons (Fsp3) is 0.0556. The molecular formula is C36H30FN5O. The van der Waals surface area contributed by atoms with Gasteiger partial charge in [-0.1, -0.05) is 67.8 Å². The number of aromatic amines is 2. The minimum Gasteiger partial charge on any atom is -0.352 e. The summed E-state index contributed by atoms with van der Waals surface area (Å²) in [5.74, 6) is 1.69. The van der Waals surface area contributed by atoms with Gasteiger partial charge in [-0.3, -0.25) is 10.1 Å². The summed E-state index contributed by atoms with van der Waals surface area (Å²) in [6.45, 7) is 12.1. The lowest BCUT2D eigenvalue weighted by atomic mass is 10.0. The molecule has 0 radical (unpaired) electrons. The molecular weight excluding hydrogens is 537 g/mol. The lowest BCUT2D eigenvalue weighted by Crippen LogP contribution is -2.23. The van der Waals surface area contributed by atoms with Gasteiger partial charge in [0.1, 0.15) is 17.2 Å². The van der Waals surface area contributed by atoms with Crippen LogP contribution in [0.25, 0.3) is 51.3 Å². The van der Waals surface area contributed by atoms with E-state index < -0.39 is 0 Å². The fourth-order valence-electron chi connectivity index (χ4n) is 4.81. The lowest BCUT2D eigenvalue weighted by Gasteiger charge is -2.10. The number of aromatic nitrogens is 4. The van der Waals surface area contributed by atoms with Crippen molar-refractivity contribution >= 4 is 34.7 Å². The van der Waals surface area contributed by atoms with E-state index in [1.54, 1.807) is 30.6 Å². The van der Waals surface area contributed by atoms with Gasteiger partial charge in [-0.25, -0.2) is 9.18 Å². The van der Waals surface area contributed by atoms with Crippen LogP contribution in [0.1, 0.15) is 19.4 Å². The Morgan fingerprint density at radius 3 is 2.51 bits per heavy atom. The van der Waals surface area contributed by atoms with E-state index in [0.29, 0.717) is 17.1 Å². The van der Waals surface area contributed by atoms with Crippen LogP contribution in [0.4, 0.5) is 4.39 Å². The Morgan fingerprint density at radius 2 is 1.84 bits per heavy atom.